The van der Waals surface area contributed by atoms with Crippen LogP contribution in [0.1, 0.15) is 57.4 Å². The molecule has 0 aliphatic carbocycles. The van der Waals surface area contributed by atoms with Crippen LogP contribution >= 0.6 is 11.6 Å². The molecule has 0 saturated carbocycles. The molecule has 1 heterocycles. The van der Waals surface area contributed by atoms with Crippen LogP contribution in [0.5, 0.6) is 0 Å². The van der Waals surface area contributed by atoms with E-state index in [1.165, 1.54) is 38.5 Å². The molecule has 1 aromatic rings. The maximum absolute atomic E-state index is 6.14. The molecule has 0 fully saturated rings. The summed E-state index contributed by atoms with van der Waals surface area (Å²) in [4.78, 5) is 3.98. The Morgan fingerprint density at radius 1 is 1.22 bits per heavy atom. The first-order chi connectivity index (χ1) is 8.74. The van der Waals surface area contributed by atoms with Crippen LogP contribution in [0.3, 0.4) is 0 Å². The highest BCUT2D eigenvalue weighted by Crippen LogP contribution is 2.17. The summed E-state index contributed by atoms with van der Waals surface area (Å²) in [5, 5.41) is 0.732. The fraction of sp³-hybridized carbons (Fsp3) is 0.667. The lowest BCUT2D eigenvalue weighted by Crippen LogP contribution is -2.22. The molecule has 1 unspecified atom stereocenters. The van der Waals surface area contributed by atoms with Gasteiger partial charge < -0.3 is 5.73 Å². The Labute approximate surface area is 116 Å². The number of unbranched alkanes of at least 4 members (excludes halogenated alkanes) is 5. The van der Waals surface area contributed by atoms with Crippen molar-refractivity contribution in [3.63, 3.8) is 0 Å². The highest BCUT2D eigenvalue weighted by Gasteiger charge is 2.06. The SMILES string of the molecule is CCCCCCCCC(N)Cc1ccncc1Cl. The van der Waals surface area contributed by atoms with Crippen LogP contribution in [-0.4, -0.2) is 11.0 Å². The molecule has 1 atom stereocenters. The van der Waals surface area contributed by atoms with E-state index in [2.05, 4.69) is 11.9 Å². The zero-order chi connectivity index (χ0) is 13.2. The third kappa shape index (κ3) is 6.36. The lowest BCUT2D eigenvalue weighted by molar-refractivity contribution is 0.532. The molecule has 18 heavy (non-hydrogen) atoms. The van der Waals surface area contributed by atoms with Crippen LogP contribution in [0, 0.1) is 0 Å². The van der Waals surface area contributed by atoms with Crippen LogP contribution < -0.4 is 5.73 Å². The molecular weight excluding hydrogens is 244 g/mol. The lowest BCUT2D eigenvalue weighted by Gasteiger charge is -2.12. The average Bonchev–Trinajstić information content (AvgIpc) is 2.36. The van der Waals surface area contributed by atoms with Crippen molar-refractivity contribution >= 4 is 11.6 Å². The van der Waals surface area contributed by atoms with Gasteiger partial charge in [-0.3, -0.25) is 4.98 Å². The highest BCUT2D eigenvalue weighted by atomic mass is 35.5. The number of nitrogens with two attached hydrogens (primary N) is 1. The van der Waals surface area contributed by atoms with E-state index in [0.717, 1.165) is 23.4 Å². The Bertz CT molecular complexity index is 328. The summed E-state index contributed by atoms with van der Waals surface area (Å²) in [6.45, 7) is 2.24. The normalized spacial score (nSPS) is 12.6. The molecular formula is C15H25ClN2. The molecule has 0 spiro atoms. The van der Waals surface area contributed by atoms with Crippen LogP contribution in [0.15, 0.2) is 18.5 Å². The first-order valence-corrected chi connectivity index (χ1v) is 7.45. The predicted molar refractivity (Wildman–Crippen MR) is 78.9 cm³/mol. The van der Waals surface area contributed by atoms with Crippen molar-refractivity contribution in [2.24, 2.45) is 5.73 Å². The second kappa shape index (κ2) is 9.35. The molecule has 3 heteroatoms. The zero-order valence-corrected chi connectivity index (χ0v) is 12.1. The Morgan fingerprint density at radius 3 is 2.67 bits per heavy atom. The summed E-state index contributed by atoms with van der Waals surface area (Å²) in [7, 11) is 0. The van der Waals surface area contributed by atoms with E-state index in [1.807, 2.05) is 6.07 Å². The Hall–Kier alpha value is -0.600. The third-order valence-electron chi connectivity index (χ3n) is 3.27. The van der Waals surface area contributed by atoms with Gasteiger partial charge >= 0.3 is 0 Å². The van der Waals surface area contributed by atoms with Gasteiger partial charge in [0.1, 0.15) is 0 Å². The van der Waals surface area contributed by atoms with E-state index in [4.69, 9.17) is 17.3 Å². The number of nitrogens with zero attached hydrogens (tertiary/aromatic N) is 1. The smallest absolute Gasteiger partial charge is 0.0621 e. The Balaban J connectivity index is 2.14. The summed E-state index contributed by atoms with van der Waals surface area (Å²) < 4.78 is 0. The van der Waals surface area contributed by atoms with Gasteiger partial charge in [0.2, 0.25) is 0 Å². The number of halogens is 1. The number of rotatable bonds is 9. The van der Waals surface area contributed by atoms with E-state index < -0.39 is 0 Å². The number of aromatic nitrogens is 1. The molecule has 1 aromatic heterocycles. The van der Waals surface area contributed by atoms with Crippen LogP contribution in [0.4, 0.5) is 0 Å². The van der Waals surface area contributed by atoms with E-state index in [1.54, 1.807) is 12.4 Å². The Morgan fingerprint density at radius 2 is 1.94 bits per heavy atom. The number of pyridine rings is 1. The summed E-state index contributed by atoms with van der Waals surface area (Å²) in [5.41, 5.74) is 7.25. The van der Waals surface area contributed by atoms with Gasteiger partial charge in [0.25, 0.3) is 0 Å². The van der Waals surface area contributed by atoms with Crippen LogP contribution in [0.2, 0.25) is 5.02 Å². The summed E-state index contributed by atoms with van der Waals surface area (Å²) in [6.07, 6.45) is 13.3. The monoisotopic (exact) mass is 268 g/mol. The van der Waals surface area contributed by atoms with Crippen molar-refractivity contribution in [1.82, 2.24) is 4.98 Å². The van der Waals surface area contributed by atoms with Gasteiger partial charge in [-0.15, -0.1) is 0 Å². The molecule has 0 aliphatic rings. The zero-order valence-electron chi connectivity index (χ0n) is 11.4. The van der Waals surface area contributed by atoms with E-state index in [0.29, 0.717) is 0 Å². The fourth-order valence-electron chi connectivity index (χ4n) is 2.14. The van der Waals surface area contributed by atoms with Gasteiger partial charge in [0.15, 0.2) is 0 Å². The summed E-state index contributed by atoms with van der Waals surface area (Å²) in [5.74, 6) is 0. The van der Waals surface area contributed by atoms with Crippen molar-refractivity contribution in [2.75, 3.05) is 0 Å². The minimum atomic E-state index is 0.219. The molecule has 0 aromatic carbocycles. The minimum absolute atomic E-state index is 0.219. The summed E-state index contributed by atoms with van der Waals surface area (Å²) >= 11 is 6.07. The maximum atomic E-state index is 6.14. The van der Waals surface area contributed by atoms with Crippen molar-refractivity contribution in [1.29, 1.82) is 0 Å². The predicted octanol–water partition coefficient (Wildman–Crippen LogP) is 4.36. The first kappa shape index (κ1) is 15.5. The van der Waals surface area contributed by atoms with Gasteiger partial charge in [-0.2, -0.15) is 0 Å². The molecule has 2 N–H and O–H groups in total. The van der Waals surface area contributed by atoms with Crippen molar-refractivity contribution in [3.8, 4) is 0 Å². The van der Waals surface area contributed by atoms with Gasteiger partial charge in [-0.1, -0.05) is 57.0 Å². The molecule has 2 nitrogen and oxygen atoms in total. The van der Waals surface area contributed by atoms with Crippen LogP contribution in [-0.2, 0) is 6.42 Å². The van der Waals surface area contributed by atoms with Crippen molar-refractivity contribution < 1.29 is 0 Å². The van der Waals surface area contributed by atoms with E-state index in [-0.39, 0.29) is 6.04 Å². The molecule has 1 rings (SSSR count). The van der Waals surface area contributed by atoms with Gasteiger partial charge in [0, 0.05) is 18.4 Å². The van der Waals surface area contributed by atoms with Gasteiger partial charge in [-0.05, 0) is 24.5 Å². The fourth-order valence-corrected chi connectivity index (χ4v) is 2.34. The second-order valence-electron chi connectivity index (χ2n) is 4.99. The van der Waals surface area contributed by atoms with E-state index in [9.17, 15) is 0 Å². The molecule has 0 radical (unpaired) electrons. The average molecular weight is 269 g/mol. The number of hydrogen-bond acceptors (Lipinski definition) is 2. The third-order valence-corrected chi connectivity index (χ3v) is 3.61. The minimum Gasteiger partial charge on any atom is -0.327 e. The van der Waals surface area contributed by atoms with Crippen LogP contribution in [0.25, 0.3) is 0 Å². The number of hydrogen-bond donors (Lipinski definition) is 1. The molecule has 102 valence electrons. The lowest BCUT2D eigenvalue weighted by atomic mass is 10.0. The van der Waals surface area contributed by atoms with Crippen molar-refractivity contribution in [2.45, 2.75) is 64.3 Å². The van der Waals surface area contributed by atoms with Gasteiger partial charge in [0.05, 0.1) is 5.02 Å². The van der Waals surface area contributed by atoms with Crippen molar-refractivity contribution in [3.05, 3.63) is 29.0 Å². The molecule has 0 saturated heterocycles. The molecule has 0 amide bonds. The molecule has 0 aliphatic heterocycles. The second-order valence-corrected chi connectivity index (χ2v) is 5.39. The van der Waals surface area contributed by atoms with Gasteiger partial charge in [-0.25, -0.2) is 0 Å². The quantitative estimate of drug-likeness (QED) is 0.676. The highest BCUT2D eigenvalue weighted by molar-refractivity contribution is 6.31. The first-order valence-electron chi connectivity index (χ1n) is 7.08. The van der Waals surface area contributed by atoms with E-state index >= 15 is 0 Å². The topological polar surface area (TPSA) is 38.9 Å². The standard InChI is InChI=1S/C15H25ClN2/c1-2-3-4-5-6-7-8-14(17)11-13-9-10-18-12-15(13)16/h9-10,12,14H,2-8,11,17H2,1H3. The Kier molecular flexibility index (Phi) is 8.03. The molecule has 0 bridgehead atoms. The maximum Gasteiger partial charge on any atom is 0.0621 e. The summed E-state index contributed by atoms with van der Waals surface area (Å²) in [6, 6.07) is 2.18. The largest absolute Gasteiger partial charge is 0.327 e.